The molecule has 0 saturated carbocycles. The fourth-order valence-electron chi connectivity index (χ4n) is 3.10. The van der Waals surface area contributed by atoms with Gasteiger partial charge >= 0.3 is 0 Å². The van der Waals surface area contributed by atoms with Crippen LogP contribution < -0.4 is 20.1 Å². The number of aromatic nitrogens is 2. The molecule has 0 radical (unpaired) electrons. The smallest absolute Gasteiger partial charge is 0.216 e. The Morgan fingerprint density at radius 3 is 2.50 bits per heavy atom. The molecule has 1 aromatic carbocycles. The average Bonchev–Trinajstić information content (AvgIpc) is 3.09. The quantitative estimate of drug-likeness (QED) is 0.314. The summed E-state index contributed by atoms with van der Waals surface area (Å²) in [6, 6.07) is 7.94. The Hall–Kier alpha value is -2.74. The van der Waals surface area contributed by atoms with E-state index in [0.29, 0.717) is 13.1 Å². The Morgan fingerprint density at radius 1 is 1.10 bits per heavy atom. The van der Waals surface area contributed by atoms with Crippen LogP contribution in [0.2, 0.25) is 0 Å². The highest BCUT2D eigenvalue weighted by molar-refractivity contribution is 5.79. The zero-order valence-electron chi connectivity index (χ0n) is 18.8. The highest BCUT2D eigenvalue weighted by atomic mass is 16.5. The number of hydrogen-bond acceptors (Lipinski definition) is 5. The standard InChI is InChI=1S/C22H35N5O3/c1-6-20-19(21(29-5)27(3)26-20)16-25-22(23-13-8-14-30-7-2)24-15-17-9-11-18(28-4)12-10-17/h9-12H,6-8,13-16H2,1-5H3,(H2,23,24,25). The van der Waals surface area contributed by atoms with E-state index in [2.05, 4.69) is 22.7 Å². The number of rotatable bonds is 12. The first-order chi connectivity index (χ1) is 14.6. The molecule has 0 aliphatic carbocycles. The number of nitrogens with one attached hydrogen (secondary N) is 2. The molecule has 1 aromatic heterocycles. The van der Waals surface area contributed by atoms with Crippen molar-refractivity contribution < 1.29 is 14.2 Å². The second-order valence-corrected chi connectivity index (χ2v) is 6.76. The molecule has 2 rings (SSSR count). The summed E-state index contributed by atoms with van der Waals surface area (Å²) in [5.41, 5.74) is 3.18. The molecule has 8 nitrogen and oxygen atoms in total. The summed E-state index contributed by atoms with van der Waals surface area (Å²) in [4.78, 5) is 4.74. The molecule has 0 saturated heterocycles. The second kappa shape index (κ2) is 12.7. The maximum absolute atomic E-state index is 5.54. The Labute approximate surface area is 179 Å². The van der Waals surface area contributed by atoms with E-state index in [1.54, 1.807) is 18.9 Å². The molecule has 0 unspecified atom stereocenters. The van der Waals surface area contributed by atoms with Crippen LogP contribution in [0.15, 0.2) is 29.3 Å². The van der Waals surface area contributed by atoms with Crippen LogP contribution in [0, 0.1) is 0 Å². The fourth-order valence-corrected chi connectivity index (χ4v) is 3.10. The lowest BCUT2D eigenvalue weighted by molar-refractivity contribution is 0.145. The predicted octanol–water partition coefficient (Wildman–Crippen LogP) is 2.66. The largest absolute Gasteiger partial charge is 0.497 e. The first kappa shape index (κ1) is 23.5. The van der Waals surface area contributed by atoms with E-state index in [1.165, 1.54) is 0 Å². The first-order valence-electron chi connectivity index (χ1n) is 10.4. The first-order valence-corrected chi connectivity index (χ1v) is 10.4. The number of guanidine groups is 1. The van der Waals surface area contributed by atoms with Crippen LogP contribution in [-0.4, -0.2) is 49.7 Å². The van der Waals surface area contributed by atoms with Crippen LogP contribution in [0.5, 0.6) is 11.6 Å². The summed E-state index contributed by atoms with van der Waals surface area (Å²) in [5.74, 6) is 2.35. The molecule has 0 aliphatic rings. The van der Waals surface area contributed by atoms with Gasteiger partial charge in [-0.3, -0.25) is 0 Å². The van der Waals surface area contributed by atoms with Crippen molar-refractivity contribution in [1.82, 2.24) is 20.4 Å². The Kier molecular flexibility index (Phi) is 10.00. The molecular weight excluding hydrogens is 382 g/mol. The van der Waals surface area contributed by atoms with Crippen molar-refractivity contribution in [2.45, 2.75) is 39.8 Å². The number of benzene rings is 1. The number of aryl methyl sites for hydroxylation is 2. The van der Waals surface area contributed by atoms with Crippen molar-refractivity contribution in [2.75, 3.05) is 34.0 Å². The molecule has 2 N–H and O–H groups in total. The molecule has 0 spiro atoms. The molecule has 1 heterocycles. The van der Waals surface area contributed by atoms with Gasteiger partial charge in [-0.05, 0) is 37.5 Å². The van der Waals surface area contributed by atoms with Crippen LogP contribution in [0.1, 0.15) is 37.1 Å². The van der Waals surface area contributed by atoms with E-state index in [1.807, 2.05) is 38.2 Å². The predicted molar refractivity (Wildman–Crippen MR) is 119 cm³/mol. The molecule has 0 bridgehead atoms. The minimum atomic E-state index is 0.565. The number of methoxy groups -OCH3 is 2. The summed E-state index contributed by atoms with van der Waals surface area (Å²) in [7, 11) is 5.23. The number of ether oxygens (including phenoxy) is 3. The molecule has 2 aromatic rings. The lowest BCUT2D eigenvalue weighted by atomic mass is 10.2. The van der Waals surface area contributed by atoms with Crippen molar-refractivity contribution >= 4 is 5.96 Å². The third-order valence-corrected chi connectivity index (χ3v) is 4.67. The van der Waals surface area contributed by atoms with E-state index >= 15 is 0 Å². The maximum Gasteiger partial charge on any atom is 0.216 e. The Bertz CT molecular complexity index is 787. The van der Waals surface area contributed by atoms with E-state index in [-0.39, 0.29) is 0 Å². The SMILES string of the molecule is CCOCCCNC(=NCc1ccc(OC)cc1)NCc1c(CC)nn(C)c1OC. The average molecular weight is 418 g/mol. The third kappa shape index (κ3) is 6.95. The van der Waals surface area contributed by atoms with Crippen LogP contribution >= 0.6 is 0 Å². The molecule has 0 aliphatic heterocycles. The van der Waals surface area contributed by atoms with Crippen LogP contribution in [0.4, 0.5) is 0 Å². The molecule has 0 fully saturated rings. The van der Waals surface area contributed by atoms with Gasteiger partial charge in [-0.25, -0.2) is 9.67 Å². The summed E-state index contributed by atoms with van der Waals surface area (Å²) in [6.07, 6.45) is 1.75. The van der Waals surface area contributed by atoms with Gasteiger partial charge in [0.2, 0.25) is 5.88 Å². The minimum Gasteiger partial charge on any atom is -0.497 e. The monoisotopic (exact) mass is 417 g/mol. The van der Waals surface area contributed by atoms with Gasteiger partial charge in [0.05, 0.1) is 38.6 Å². The van der Waals surface area contributed by atoms with Gasteiger partial charge in [0.15, 0.2) is 5.96 Å². The van der Waals surface area contributed by atoms with Crippen LogP contribution in [-0.2, 0) is 31.3 Å². The topological polar surface area (TPSA) is 81.9 Å². The van der Waals surface area contributed by atoms with Crippen molar-refractivity contribution in [3.63, 3.8) is 0 Å². The molecular formula is C22H35N5O3. The summed E-state index contributed by atoms with van der Waals surface area (Å²) >= 11 is 0. The van der Waals surface area contributed by atoms with E-state index in [4.69, 9.17) is 19.2 Å². The normalized spacial score (nSPS) is 11.4. The number of aliphatic imine (C=N–C) groups is 1. The third-order valence-electron chi connectivity index (χ3n) is 4.67. The Morgan fingerprint density at radius 2 is 1.87 bits per heavy atom. The van der Waals surface area contributed by atoms with Crippen molar-refractivity contribution in [1.29, 1.82) is 0 Å². The number of nitrogens with zero attached hydrogens (tertiary/aromatic N) is 3. The van der Waals surface area contributed by atoms with Gasteiger partial charge in [-0.2, -0.15) is 5.10 Å². The van der Waals surface area contributed by atoms with Gasteiger partial charge in [-0.15, -0.1) is 0 Å². The van der Waals surface area contributed by atoms with Crippen LogP contribution in [0.3, 0.4) is 0 Å². The zero-order valence-corrected chi connectivity index (χ0v) is 18.8. The molecule has 0 amide bonds. The zero-order chi connectivity index (χ0) is 21.8. The number of hydrogen-bond donors (Lipinski definition) is 2. The van der Waals surface area contributed by atoms with Crippen molar-refractivity contribution in [2.24, 2.45) is 12.0 Å². The maximum atomic E-state index is 5.54. The molecule has 8 heteroatoms. The van der Waals surface area contributed by atoms with Gasteiger partial charge in [0.25, 0.3) is 0 Å². The van der Waals surface area contributed by atoms with Gasteiger partial charge in [0.1, 0.15) is 5.75 Å². The second-order valence-electron chi connectivity index (χ2n) is 6.76. The lowest BCUT2D eigenvalue weighted by Gasteiger charge is -2.14. The van der Waals surface area contributed by atoms with Crippen molar-refractivity contribution in [3.05, 3.63) is 41.1 Å². The van der Waals surface area contributed by atoms with Crippen molar-refractivity contribution in [3.8, 4) is 11.6 Å². The Balaban J connectivity index is 2.06. The highest BCUT2D eigenvalue weighted by Crippen LogP contribution is 2.21. The summed E-state index contributed by atoms with van der Waals surface area (Å²) in [6.45, 7) is 7.48. The van der Waals surface area contributed by atoms with E-state index in [0.717, 1.165) is 67.0 Å². The molecule has 166 valence electrons. The fraction of sp³-hybridized carbons (Fsp3) is 0.545. The molecule has 30 heavy (non-hydrogen) atoms. The van der Waals surface area contributed by atoms with E-state index < -0.39 is 0 Å². The van der Waals surface area contributed by atoms with Gasteiger partial charge in [0, 0.05) is 26.8 Å². The van der Waals surface area contributed by atoms with Gasteiger partial charge < -0.3 is 24.8 Å². The summed E-state index contributed by atoms with van der Waals surface area (Å²) in [5, 5.41) is 11.4. The van der Waals surface area contributed by atoms with E-state index in [9.17, 15) is 0 Å². The van der Waals surface area contributed by atoms with Crippen LogP contribution in [0.25, 0.3) is 0 Å². The van der Waals surface area contributed by atoms with Gasteiger partial charge in [-0.1, -0.05) is 19.1 Å². The summed E-state index contributed by atoms with van der Waals surface area (Å²) < 4.78 is 18.0. The highest BCUT2D eigenvalue weighted by Gasteiger charge is 2.16. The lowest BCUT2D eigenvalue weighted by Crippen LogP contribution is -2.38. The minimum absolute atomic E-state index is 0.565. The molecule has 0 atom stereocenters.